The summed E-state index contributed by atoms with van der Waals surface area (Å²) in [6.07, 6.45) is 5.83. The smallest absolute Gasteiger partial charge is 0.147 e. The first kappa shape index (κ1) is 12.9. The molecule has 90 valence electrons. The highest BCUT2D eigenvalue weighted by Gasteiger charge is 2.11. The molecule has 0 spiro atoms. The van der Waals surface area contributed by atoms with E-state index in [0.717, 1.165) is 19.6 Å². The number of sulfone groups is 1. The Morgan fingerprint density at radius 1 is 1.40 bits per heavy atom. The van der Waals surface area contributed by atoms with Gasteiger partial charge in [-0.05, 0) is 32.4 Å². The predicted octanol–water partition coefficient (Wildman–Crippen LogP) is 0.153. The maximum Gasteiger partial charge on any atom is 0.147 e. The molecule has 1 fully saturated rings. The second-order valence-corrected chi connectivity index (χ2v) is 6.59. The molecule has 0 bridgehead atoms. The Bertz CT molecular complexity index is 259. The molecular formula is C10H22N2O2S. The van der Waals surface area contributed by atoms with Crippen LogP contribution in [0, 0.1) is 0 Å². The van der Waals surface area contributed by atoms with E-state index in [9.17, 15) is 8.42 Å². The van der Waals surface area contributed by atoms with Gasteiger partial charge in [0, 0.05) is 18.8 Å². The first-order valence-electron chi connectivity index (χ1n) is 5.70. The van der Waals surface area contributed by atoms with Gasteiger partial charge in [-0.15, -0.1) is 0 Å². The van der Waals surface area contributed by atoms with E-state index < -0.39 is 9.84 Å². The Hall–Kier alpha value is -0.130. The minimum Gasteiger partial charge on any atom is -0.315 e. The molecule has 1 saturated heterocycles. The fourth-order valence-electron chi connectivity index (χ4n) is 1.83. The Balaban J connectivity index is 1.96. The zero-order chi connectivity index (χ0) is 11.1. The third-order valence-electron chi connectivity index (χ3n) is 2.67. The van der Waals surface area contributed by atoms with Gasteiger partial charge in [0.1, 0.15) is 9.84 Å². The lowest BCUT2D eigenvalue weighted by Gasteiger charge is -2.23. The molecule has 0 aromatic rings. The average molecular weight is 234 g/mol. The molecule has 1 rings (SSSR count). The van der Waals surface area contributed by atoms with Crippen LogP contribution in [-0.2, 0) is 9.84 Å². The van der Waals surface area contributed by atoms with Crippen LogP contribution in [0.2, 0.25) is 0 Å². The minimum absolute atomic E-state index is 0.290. The van der Waals surface area contributed by atoms with Crippen molar-refractivity contribution in [1.82, 2.24) is 10.6 Å². The van der Waals surface area contributed by atoms with Crippen LogP contribution >= 0.6 is 0 Å². The standard InChI is InChI=1S/C10H22N2O2S/c1-15(13,14)8-4-6-11-9-10-5-2-3-7-12-10/h10-12H,2-9H2,1H3. The van der Waals surface area contributed by atoms with Gasteiger partial charge in [-0.25, -0.2) is 8.42 Å². The largest absolute Gasteiger partial charge is 0.315 e. The highest BCUT2D eigenvalue weighted by molar-refractivity contribution is 7.90. The van der Waals surface area contributed by atoms with Crippen LogP contribution in [0.4, 0.5) is 0 Å². The van der Waals surface area contributed by atoms with Gasteiger partial charge in [-0.1, -0.05) is 6.42 Å². The van der Waals surface area contributed by atoms with E-state index in [0.29, 0.717) is 12.5 Å². The van der Waals surface area contributed by atoms with Gasteiger partial charge >= 0.3 is 0 Å². The average Bonchev–Trinajstić information content (AvgIpc) is 2.17. The van der Waals surface area contributed by atoms with Gasteiger partial charge in [-0.3, -0.25) is 0 Å². The van der Waals surface area contributed by atoms with Crippen LogP contribution in [0.1, 0.15) is 25.7 Å². The van der Waals surface area contributed by atoms with Crippen molar-refractivity contribution in [2.24, 2.45) is 0 Å². The fraction of sp³-hybridized carbons (Fsp3) is 1.00. The van der Waals surface area contributed by atoms with Gasteiger partial charge in [0.15, 0.2) is 0 Å². The van der Waals surface area contributed by atoms with Crippen LogP contribution in [0.25, 0.3) is 0 Å². The zero-order valence-corrected chi connectivity index (χ0v) is 10.3. The lowest BCUT2D eigenvalue weighted by atomic mass is 10.1. The van der Waals surface area contributed by atoms with E-state index in [1.54, 1.807) is 0 Å². The van der Waals surface area contributed by atoms with Crippen LogP contribution in [0.3, 0.4) is 0 Å². The van der Waals surface area contributed by atoms with Gasteiger partial charge in [0.25, 0.3) is 0 Å². The van der Waals surface area contributed by atoms with Crippen LogP contribution < -0.4 is 10.6 Å². The second-order valence-electron chi connectivity index (χ2n) is 4.33. The number of hydrogen-bond donors (Lipinski definition) is 2. The van der Waals surface area contributed by atoms with E-state index in [4.69, 9.17) is 0 Å². The first-order chi connectivity index (χ1) is 7.08. The van der Waals surface area contributed by atoms with E-state index >= 15 is 0 Å². The van der Waals surface area contributed by atoms with E-state index in [-0.39, 0.29) is 5.75 Å². The van der Waals surface area contributed by atoms with Gasteiger partial charge in [0.2, 0.25) is 0 Å². The molecule has 1 atom stereocenters. The maximum atomic E-state index is 10.9. The summed E-state index contributed by atoms with van der Waals surface area (Å²) in [7, 11) is -2.79. The topological polar surface area (TPSA) is 58.2 Å². The third-order valence-corrected chi connectivity index (χ3v) is 3.70. The van der Waals surface area contributed by atoms with E-state index in [1.807, 2.05) is 0 Å². The molecule has 1 aliphatic heterocycles. The molecule has 1 unspecified atom stereocenters. The van der Waals surface area contributed by atoms with E-state index in [1.165, 1.54) is 25.5 Å². The molecule has 5 heteroatoms. The van der Waals surface area contributed by atoms with Gasteiger partial charge in [0.05, 0.1) is 5.75 Å². The van der Waals surface area contributed by atoms with Gasteiger partial charge < -0.3 is 10.6 Å². The second kappa shape index (κ2) is 6.45. The maximum absolute atomic E-state index is 10.9. The molecule has 1 aliphatic rings. The molecule has 15 heavy (non-hydrogen) atoms. The predicted molar refractivity (Wildman–Crippen MR) is 62.8 cm³/mol. The molecule has 0 saturated carbocycles. The Morgan fingerprint density at radius 3 is 2.80 bits per heavy atom. The molecular weight excluding hydrogens is 212 g/mol. The number of rotatable bonds is 6. The summed E-state index contributed by atoms with van der Waals surface area (Å²) in [5.74, 6) is 0.290. The molecule has 0 aromatic heterocycles. The van der Waals surface area contributed by atoms with Gasteiger partial charge in [-0.2, -0.15) is 0 Å². The zero-order valence-electron chi connectivity index (χ0n) is 9.46. The monoisotopic (exact) mass is 234 g/mol. The molecule has 0 radical (unpaired) electrons. The number of nitrogens with one attached hydrogen (secondary N) is 2. The molecule has 0 aliphatic carbocycles. The van der Waals surface area contributed by atoms with Crippen LogP contribution in [0.5, 0.6) is 0 Å². The lowest BCUT2D eigenvalue weighted by Crippen LogP contribution is -2.42. The summed E-state index contributed by atoms with van der Waals surface area (Å²) in [6.45, 7) is 2.88. The van der Waals surface area contributed by atoms with Crippen molar-refractivity contribution in [2.75, 3.05) is 31.6 Å². The molecule has 0 amide bonds. The fourth-order valence-corrected chi connectivity index (χ4v) is 2.50. The first-order valence-corrected chi connectivity index (χ1v) is 7.76. The van der Waals surface area contributed by atoms with Crippen molar-refractivity contribution in [2.45, 2.75) is 31.7 Å². The summed E-state index contributed by atoms with van der Waals surface area (Å²) in [5.41, 5.74) is 0. The Kier molecular flexibility index (Phi) is 5.56. The highest BCUT2D eigenvalue weighted by Crippen LogP contribution is 2.05. The van der Waals surface area contributed by atoms with E-state index in [2.05, 4.69) is 10.6 Å². The minimum atomic E-state index is -2.79. The van der Waals surface area contributed by atoms with Crippen molar-refractivity contribution in [3.63, 3.8) is 0 Å². The summed E-state index contributed by atoms with van der Waals surface area (Å²) in [5, 5.41) is 6.75. The Labute approximate surface area is 92.7 Å². The molecule has 0 aromatic carbocycles. The molecule has 1 heterocycles. The number of hydrogen-bond acceptors (Lipinski definition) is 4. The van der Waals surface area contributed by atoms with Crippen molar-refractivity contribution >= 4 is 9.84 Å². The number of piperidine rings is 1. The summed E-state index contributed by atoms with van der Waals surface area (Å²) in [4.78, 5) is 0. The Morgan fingerprint density at radius 2 is 2.20 bits per heavy atom. The van der Waals surface area contributed by atoms with Crippen molar-refractivity contribution in [3.8, 4) is 0 Å². The lowest BCUT2D eigenvalue weighted by molar-refractivity contribution is 0.384. The quantitative estimate of drug-likeness (QED) is 0.643. The normalized spacial score (nSPS) is 22.9. The molecule has 2 N–H and O–H groups in total. The van der Waals surface area contributed by atoms with Crippen molar-refractivity contribution in [1.29, 1.82) is 0 Å². The SMILES string of the molecule is CS(=O)(=O)CCCNCC1CCCCN1. The van der Waals surface area contributed by atoms with Crippen LogP contribution in [0.15, 0.2) is 0 Å². The van der Waals surface area contributed by atoms with Crippen LogP contribution in [-0.4, -0.2) is 46.1 Å². The summed E-state index contributed by atoms with van der Waals surface area (Å²) >= 11 is 0. The summed E-state index contributed by atoms with van der Waals surface area (Å²) < 4.78 is 21.7. The highest BCUT2D eigenvalue weighted by atomic mass is 32.2. The molecule has 4 nitrogen and oxygen atoms in total. The third kappa shape index (κ3) is 6.87. The summed E-state index contributed by atoms with van der Waals surface area (Å²) in [6, 6.07) is 0.581. The van der Waals surface area contributed by atoms with Crippen molar-refractivity contribution < 1.29 is 8.42 Å². The van der Waals surface area contributed by atoms with Crippen molar-refractivity contribution in [3.05, 3.63) is 0 Å².